The zero-order chi connectivity index (χ0) is 64.2. The minimum absolute atomic E-state index is 0. The molecule has 0 saturated carbocycles. The van der Waals surface area contributed by atoms with Gasteiger partial charge in [0.15, 0.2) is 0 Å². The summed E-state index contributed by atoms with van der Waals surface area (Å²) in [6, 6.07) is 37.1. The molecule has 2 heterocycles. The first kappa shape index (κ1) is 34.9. The molecule has 0 fully saturated rings. The number of phenolic OH excluding ortho intramolecular Hbond substituents is 1. The van der Waals surface area contributed by atoms with Gasteiger partial charge in [-0.05, 0) is 126 Å². The number of hydrogen-bond donors (Lipinski definition) is 1. The number of benzene rings is 7. The van der Waals surface area contributed by atoms with E-state index in [1.165, 1.54) is 18.3 Å². The van der Waals surface area contributed by atoms with E-state index in [1.54, 1.807) is 6.07 Å². The second-order valence-electron chi connectivity index (χ2n) is 21.3. The van der Waals surface area contributed by atoms with E-state index in [0.29, 0.717) is 55.7 Å². The summed E-state index contributed by atoms with van der Waals surface area (Å²) in [5, 5.41) is 12.5. The fraction of sp³-hybridized carbons (Fsp3) is 0.284. The predicted molar refractivity (Wildman–Crippen MR) is 301 cm³/mol. The van der Waals surface area contributed by atoms with E-state index in [1.807, 2.05) is 103 Å². The maximum Gasteiger partial charge on any atom is 0.148 e. The topological polar surface area (TPSA) is 50.9 Å². The fourth-order valence-corrected chi connectivity index (χ4v) is 8.96. The minimum Gasteiger partial charge on any atom is -0.507 e. The number of aromatic nitrogens is 3. The van der Waals surface area contributed by atoms with E-state index < -0.39 is 62.6 Å². The van der Waals surface area contributed by atoms with Gasteiger partial charge in [0.05, 0.1) is 27.8 Å². The van der Waals surface area contributed by atoms with E-state index >= 15 is 0 Å². The van der Waals surface area contributed by atoms with Crippen LogP contribution in [0.25, 0.3) is 83.9 Å². The molecule has 72 heavy (non-hydrogen) atoms. The van der Waals surface area contributed by atoms with Crippen molar-refractivity contribution in [2.75, 3.05) is 0 Å². The fourth-order valence-electron chi connectivity index (χ4n) is 8.96. The predicted octanol–water partition coefficient (Wildman–Crippen LogP) is 18.4. The second-order valence-corrected chi connectivity index (χ2v) is 21.3. The molecule has 9 rings (SSSR count). The van der Waals surface area contributed by atoms with Gasteiger partial charge < -0.3 is 5.11 Å². The van der Waals surface area contributed by atoms with Crippen molar-refractivity contribution in [2.24, 2.45) is 0 Å². The molecular formula is C67H70N3OPt-. The van der Waals surface area contributed by atoms with Crippen molar-refractivity contribution in [1.29, 1.82) is 0 Å². The van der Waals surface area contributed by atoms with Crippen LogP contribution in [-0.4, -0.2) is 19.6 Å². The Morgan fingerprint density at radius 3 is 1.89 bits per heavy atom. The zero-order valence-electron chi connectivity index (χ0n) is 58.4. The number of aromatic hydroxyl groups is 1. The molecule has 370 valence electrons. The van der Waals surface area contributed by atoms with Crippen LogP contribution in [0.2, 0.25) is 0 Å². The monoisotopic (exact) mass is 1140 g/mol. The summed E-state index contributed by atoms with van der Waals surface area (Å²) < 4.78 is 141. The van der Waals surface area contributed by atoms with Gasteiger partial charge in [-0.1, -0.05) is 210 Å². The third kappa shape index (κ3) is 10.4. The zero-order valence-corrected chi connectivity index (χ0v) is 44.7. The third-order valence-electron chi connectivity index (χ3n) is 13.2. The summed E-state index contributed by atoms with van der Waals surface area (Å²) in [7, 11) is 0. The molecule has 7 aromatic carbocycles. The molecule has 1 N–H and O–H groups in total. The number of imidazole rings is 1. The maximum atomic E-state index is 12.5. The normalized spacial score (nSPS) is 16.2. The molecule has 0 atom stereocenters. The summed E-state index contributed by atoms with van der Waals surface area (Å²) in [5.41, 5.74) is 4.52. The van der Waals surface area contributed by atoms with E-state index in [9.17, 15) is 12.0 Å². The van der Waals surface area contributed by atoms with Crippen molar-refractivity contribution in [3.8, 4) is 78.6 Å². The molecule has 0 amide bonds. The van der Waals surface area contributed by atoms with Gasteiger partial charge in [-0.15, -0.1) is 23.8 Å². The van der Waals surface area contributed by atoms with Gasteiger partial charge in [-0.25, -0.2) is 4.98 Å². The molecule has 0 unspecified atom stereocenters. The molecule has 5 heteroatoms. The smallest absolute Gasteiger partial charge is 0.148 e. The van der Waals surface area contributed by atoms with Gasteiger partial charge in [-0.3, -0.25) is 9.55 Å². The van der Waals surface area contributed by atoms with Gasteiger partial charge >= 0.3 is 0 Å². The van der Waals surface area contributed by atoms with E-state index in [4.69, 9.17) is 25.0 Å². The largest absolute Gasteiger partial charge is 0.507 e. The maximum absolute atomic E-state index is 12.5. The minimum atomic E-state index is -3.85. The number of nitrogens with zero attached hydrogens (tertiary/aromatic N) is 3. The van der Waals surface area contributed by atoms with Crippen LogP contribution in [0.5, 0.6) is 5.75 Å². The van der Waals surface area contributed by atoms with E-state index in [2.05, 4.69) is 79.7 Å². The van der Waals surface area contributed by atoms with Crippen LogP contribution in [0.15, 0.2) is 152 Å². The van der Waals surface area contributed by atoms with Crippen LogP contribution in [0.3, 0.4) is 0 Å². The standard InChI is InChI=1S/C67H70N3O.Pt/c1-41(2)48-37-57(42(3)4)63(71)58(38-48)64-69-62-56(21-18-22-61(62)70(64)60-28-25-46(31-43(60)5)50-35-54(66(9,10)11)40-55(36-50)67(12,13)14)51-32-49(44-19-16-15-17-20-44)33-52(34-51)59-39-47(29-30-68-59)45-23-26-53(27-24-45)65(6,7)8;/h15-33,35-42,71H,1-14H3;/q-1;/i5D3,6D3,7D3,8D3,23D,24D,26D,27D;. The first-order valence-corrected chi connectivity index (χ1v) is 24.1. The third-order valence-corrected chi connectivity index (χ3v) is 13.2. The van der Waals surface area contributed by atoms with Crippen molar-refractivity contribution >= 4 is 11.0 Å². The number of rotatable bonds is 9. The van der Waals surface area contributed by atoms with Crippen molar-refractivity contribution in [2.45, 2.75) is 125 Å². The molecule has 2 aromatic heterocycles. The van der Waals surface area contributed by atoms with Gasteiger partial charge in [-0.2, -0.15) is 0 Å². The Morgan fingerprint density at radius 1 is 0.583 bits per heavy atom. The number of aryl methyl sites for hydroxylation is 1. The average molecular weight is 1140 g/mol. The Balaban J connectivity index is 0.0000100. The van der Waals surface area contributed by atoms with Crippen molar-refractivity contribution in [3.63, 3.8) is 0 Å². The molecule has 0 aliphatic heterocycles. The van der Waals surface area contributed by atoms with Crippen LogP contribution in [0.4, 0.5) is 0 Å². The molecule has 4 nitrogen and oxygen atoms in total. The Hall–Kier alpha value is -6.35. The van der Waals surface area contributed by atoms with Crippen LogP contribution in [0.1, 0.15) is 157 Å². The first-order valence-electron chi connectivity index (χ1n) is 32.1. The quantitative estimate of drug-likeness (QED) is 0.147. The summed E-state index contributed by atoms with van der Waals surface area (Å²) in [6.45, 7) is 6.85. The van der Waals surface area contributed by atoms with Crippen LogP contribution in [0, 0.1) is 12.9 Å². The number of hydrogen-bond acceptors (Lipinski definition) is 3. The summed E-state index contributed by atoms with van der Waals surface area (Å²) >= 11 is 0. The van der Waals surface area contributed by atoms with Gasteiger partial charge in [0.25, 0.3) is 0 Å². The van der Waals surface area contributed by atoms with E-state index in [0.717, 1.165) is 27.8 Å². The molecule has 0 radical (unpaired) electrons. The van der Waals surface area contributed by atoms with Crippen LogP contribution >= 0.6 is 0 Å². The Morgan fingerprint density at radius 2 is 1.25 bits per heavy atom. The Labute approximate surface area is 466 Å². The van der Waals surface area contributed by atoms with Crippen LogP contribution in [-0.2, 0) is 37.3 Å². The molecule has 0 saturated heterocycles. The second kappa shape index (κ2) is 19.9. The molecule has 9 aromatic rings. The van der Waals surface area contributed by atoms with Crippen molar-refractivity contribution in [3.05, 3.63) is 191 Å². The van der Waals surface area contributed by atoms with Gasteiger partial charge in [0.1, 0.15) is 11.6 Å². The number of para-hydroxylation sites is 1. The Bertz CT molecular complexity index is 4050. The van der Waals surface area contributed by atoms with E-state index in [-0.39, 0.29) is 77.7 Å². The van der Waals surface area contributed by atoms with Crippen molar-refractivity contribution in [1.82, 2.24) is 14.5 Å². The number of phenols is 1. The summed E-state index contributed by atoms with van der Waals surface area (Å²) in [5.74, 6) is 0.210. The van der Waals surface area contributed by atoms with Gasteiger partial charge in [0, 0.05) is 49.4 Å². The average Bonchev–Trinajstić information content (AvgIpc) is 0.743. The summed E-state index contributed by atoms with van der Waals surface area (Å²) in [6.07, 6.45) is 1.38. The first-order chi connectivity index (χ1) is 40.2. The summed E-state index contributed by atoms with van der Waals surface area (Å²) in [4.78, 5) is 10.1. The molecule has 0 spiro atoms. The Kier molecular flexibility index (Phi) is 9.66. The molecule has 0 aliphatic rings. The SMILES string of the molecule is [2H]c1c([2H])c(C(C([2H])([2H])[2H])(C([2H])([2H])[2H])C([2H])([2H])[2H])c([2H])c([2H])c1-c1ccnc(-c2[c-]c(-c3cccc4c3nc(-c3cc(C(C)C)cc(C(C)C)c3O)n4-c3ccc(-c4cc(C(C)(C)C)cc(C(C)(C)C)c4)cc3C([2H])([2H])[2H])cc(-c3ccccc3)c2)c1.[Pt]. The van der Waals surface area contributed by atoms with Gasteiger partial charge in [0.2, 0.25) is 0 Å². The molecule has 0 bridgehead atoms. The number of pyridine rings is 1. The number of fused-ring (bicyclic) bond motifs is 1. The van der Waals surface area contributed by atoms with Crippen molar-refractivity contribution < 1.29 is 48.1 Å². The molecular weight excluding hydrogens is 1060 g/mol. The van der Waals surface area contributed by atoms with Crippen LogP contribution < -0.4 is 0 Å². The molecule has 0 aliphatic carbocycles.